The summed E-state index contributed by atoms with van der Waals surface area (Å²) in [6.45, 7) is 4.33. The highest BCUT2D eigenvalue weighted by molar-refractivity contribution is 5.79. The molecule has 2 atom stereocenters. The van der Waals surface area contributed by atoms with E-state index in [1.54, 1.807) is 11.8 Å². The van der Waals surface area contributed by atoms with E-state index < -0.39 is 0 Å². The van der Waals surface area contributed by atoms with Gasteiger partial charge >= 0.3 is 0 Å². The molecule has 0 aromatic carbocycles. The van der Waals surface area contributed by atoms with Gasteiger partial charge in [0, 0.05) is 38.5 Å². The second kappa shape index (κ2) is 5.74. The van der Waals surface area contributed by atoms with Crippen LogP contribution in [0.15, 0.2) is 0 Å². The van der Waals surface area contributed by atoms with Crippen molar-refractivity contribution in [1.29, 1.82) is 0 Å². The van der Waals surface area contributed by atoms with Crippen LogP contribution < -0.4 is 5.32 Å². The molecule has 1 aliphatic rings. The topological polar surface area (TPSA) is 52.6 Å². The minimum absolute atomic E-state index is 0.0780. The highest BCUT2D eigenvalue weighted by atomic mass is 16.3. The highest BCUT2D eigenvalue weighted by Gasteiger charge is 2.27. The van der Waals surface area contributed by atoms with Crippen molar-refractivity contribution in [3.05, 3.63) is 0 Å². The van der Waals surface area contributed by atoms with E-state index in [-0.39, 0.29) is 17.9 Å². The predicted octanol–water partition coefficient (Wildman–Crippen LogP) is -0.561. The van der Waals surface area contributed by atoms with Crippen LogP contribution in [0.5, 0.6) is 0 Å². The molecule has 0 bridgehead atoms. The second-order valence-electron chi connectivity index (χ2n) is 3.96. The van der Waals surface area contributed by atoms with Gasteiger partial charge in [0.15, 0.2) is 0 Å². The first-order valence-electron chi connectivity index (χ1n) is 5.26. The molecule has 1 rings (SSSR count). The number of rotatable bonds is 5. The van der Waals surface area contributed by atoms with Gasteiger partial charge in [0.2, 0.25) is 5.91 Å². The molecule has 1 amide bonds. The van der Waals surface area contributed by atoms with Gasteiger partial charge in [0.25, 0.3) is 0 Å². The number of terminal acetylenes is 1. The molecule has 2 N–H and O–H groups in total. The summed E-state index contributed by atoms with van der Waals surface area (Å²) < 4.78 is 0. The molecule has 0 spiro atoms. The Balaban J connectivity index is 2.17. The average Bonchev–Trinajstić information content (AvgIpc) is 2.54. The maximum absolute atomic E-state index is 11.4. The van der Waals surface area contributed by atoms with Crippen LogP contribution in [0.3, 0.4) is 0 Å². The number of aliphatic hydroxyl groups is 1. The third-order valence-electron chi connectivity index (χ3n) is 2.45. The number of nitrogens with zero attached hydrogens (tertiary/aromatic N) is 1. The van der Waals surface area contributed by atoms with Crippen LogP contribution in [0, 0.1) is 18.3 Å². The molecule has 0 radical (unpaired) electrons. The lowest BCUT2D eigenvalue weighted by molar-refractivity contribution is -0.127. The van der Waals surface area contributed by atoms with Crippen molar-refractivity contribution in [2.75, 3.05) is 26.2 Å². The molecule has 1 heterocycles. The monoisotopic (exact) mass is 210 g/mol. The van der Waals surface area contributed by atoms with Crippen LogP contribution in [0.25, 0.3) is 0 Å². The first-order valence-corrected chi connectivity index (χ1v) is 5.26. The Kier molecular flexibility index (Phi) is 4.60. The summed E-state index contributed by atoms with van der Waals surface area (Å²) in [6, 6.07) is 0. The van der Waals surface area contributed by atoms with Crippen LogP contribution in [0.2, 0.25) is 0 Å². The SMILES string of the molecule is C#CC1CC(=O)N(CCNCC(C)O)C1. The lowest BCUT2D eigenvalue weighted by atomic mass is 10.1. The molecule has 84 valence electrons. The van der Waals surface area contributed by atoms with E-state index in [1.165, 1.54) is 0 Å². The van der Waals surface area contributed by atoms with E-state index in [4.69, 9.17) is 11.5 Å². The molecular formula is C11H18N2O2. The first kappa shape index (κ1) is 12.0. The summed E-state index contributed by atoms with van der Waals surface area (Å²) in [5.41, 5.74) is 0. The minimum atomic E-state index is -0.349. The Morgan fingerprint density at radius 1 is 1.80 bits per heavy atom. The van der Waals surface area contributed by atoms with E-state index in [0.717, 1.165) is 0 Å². The Morgan fingerprint density at radius 2 is 2.53 bits per heavy atom. The summed E-state index contributed by atoms with van der Waals surface area (Å²) in [6.07, 6.45) is 5.40. The largest absolute Gasteiger partial charge is 0.392 e. The van der Waals surface area contributed by atoms with E-state index in [1.807, 2.05) is 0 Å². The molecule has 4 heteroatoms. The molecule has 0 aromatic rings. The zero-order valence-corrected chi connectivity index (χ0v) is 9.07. The van der Waals surface area contributed by atoms with Crippen molar-refractivity contribution in [3.63, 3.8) is 0 Å². The Morgan fingerprint density at radius 3 is 3.07 bits per heavy atom. The van der Waals surface area contributed by atoms with Crippen molar-refractivity contribution < 1.29 is 9.90 Å². The summed E-state index contributed by atoms with van der Waals surface area (Å²) in [5.74, 6) is 2.82. The van der Waals surface area contributed by atoms with E-state index >= 15 is 0 Å². The number of amides is 1. The number of carbonyl (C=O) groups is 1. The average molecular weight is 210 g/mol. The van der Waals surface area contributed by atoms with Crippen LogP contribution in [0.1, 0.15) is 13.3 Å². The van der Waals surface area contributed by atoms with Gasteiger partial charge in [0.1, 0.15) is 0 Å². The Hall–Kier alpha value is -1.05. The Bertz CT molecular complexity index is 258. The highest BCUT2D eigenvalue weighted by Crippen LogP contribution is 2.15. The van der Waals surface area contributed by atoms with Gasteiger partial charge < -0.3 is 15.3 Å². The zero-order valence-electron chi connectivity index (χ0n) is 9.07. The number of hydrogen-bond donors (Lipinski definition) is 2. The van der Waals surface area contributed by atoms with Crippen LogP contribution >= 0.6 is 0 Å². The molecule has 2 unspecified atom stereocenters. The zero-order chi connectivity index (χ0) is 11.3. The molecule has 4 nitrogen and oxygen atoms in total. The molecule has 0 saturated carbocycles. The van der Waals surface area contributed by atoms with Gasteiger partial charge in [-0.25, -0.2) is 0 Å². The second-order valence-corrected chi connectivity index (χ2v) is 3.96. The fourth-order valence-corrected chi connectivity index (χ4v) is 1.62. The maximum atomic E-state index is 11.4. The number of nitrogens with one attached hydrogen (secondary N) is 1. The molecular weight excluding hydrogens is 192 g/mol. The van der Waals surface area contributed by atoms with Gasteiger partial charge in [-0.15, -0.1) is 12.3 Å². The fourth-order valence-electron chi connectivity index (χ4n) is 1.62. The normalized spacial score (nSPS) is 22.9. The fraction of sp³-hybridized carbons (Fsp3) is 0.727. The molecule has 15 heavy (non-hydrogen) atoms. The van der Waals surface area contributed by atoms with Crippen molar-refractivity contribution in [2.24, 2.45) is 5.92 Å². The lowest BCUT2D eigenvalue weighted by Gasteiger charge is -2.16. The maximum Gasteiger partial charge on any atom is 0.223 e. The van der Waals surface area contributed by atoms with Crippen molar-refractivity contribution in [2.45, 2.75) is 19.4 Å². The number of hydrogen-bond acceptors (Lipinski definition) is 3. The minimum Gasteiger partial charge on any atom is -0.392 e. The molecule has 1 saturated heterocycles. The van der Waals surface area contributed by atoms with Crippen molar-refractivity contribution in [3.8, 4) is 12.3 Å². The number of carbonyl (C=O) groups excluding carboxylic acids is 1. The van der Waals surface area contributed by atoms with Gasteiger partial charge in [-0.1, -0.05) is 0 Å². The van der Waals surface area contributed by atoms with Crippen LogP contribution in [-0.2, 0) is 4.79 Å². The quantitative estimate of drug-likeness (QED) is 0.472. The summed E-state index contributed by atoms with van der Waals surface area (Å²) in [4.78, 5) is 13.2. The number of likely N-dealkylation sites (tertiary alicyclic amines) is 1. The van der Waals surface area contributed by atoms with E-state index in [9.17, 15) is 4.79 Å². The molecule has 0 aliphatic carbocycles. The first-order chi connectivity index (χ1) is 7.13. The van der Waals surface area contributed by atoms with Crippen molar-refractivity contribution >= 4 is 5.91 Å². The van der Waals surface area contributed by atoms with Gasteiger partial charge in [-0.05, 0) is 6.92 Å². The van der Waals surface area contributed by atoms with Crippen LogP contribution in [0.4, 0.5) is 0 Å². The van der Waals surface area contributed by atoms with E-state index in [2.05, 4.69) is 11.2 Å². The third-order valence-corrected chi connectivity index (χ3v) is 2.45. The third kappa shape index (κ3) is 3.90. The standard InChI is InChI=1S/C11H18N2O2/c1-3-10-6-11(15)13(8-10)5-4-12-7-9(2)14/h1,9-10,12,14H,4-8H2,2H3. The summed E-state index contributed by atoms with van der Waals surface area (Å²) >= 11 is 0. The van der Waals surface area contributed by atoms with E-state index in [0.29, 0.717) is 32.6 Å². The number of aliphatic hydroxyl groups excluding tert-OH is 1. The molecule has 1 aliphatic heterocycles. The lowest BCUT2D eigenvalue weighted by Crippen LogP contribution is -2.35. The summed E-state index contributed by atoms with van der Waals surface area (Å²) in [5, 5.41) is 12.1. The predicted molar refractivity (Wildman–Crippen MR) is 58.1 cm³/mol. The van der Waals surface area contributed by atoms with Gasteiger partial charge in [-0.3, -0.25) is 4.79 Å². The van der Waals surface area contributed by atoms with Crippen molar-refractivity contribution in [1.82, 2.24) is 10.2 Å². The van der Waals surface area contributed by atoms with Gasteiger partial charge in [-0.2, -0.15) is 0 Å². The van der Waals surface area contributed by atoms with Crippen LogP contribution in [-0.4, -0.2) is 48.2 Å². The summed E-state index contributed by atoms with van der Waals surface area (Å²) in [7, 11) is 0. The van der Waals surface area contributed by atoms with Gasteiger partial charge in [0.05, 0.1) is 6.10 Å². The smallest absolute Gasteiger partial charge is 0.223 e. The molecule has 0 aromatic heterocycles. The Labute approximate surface area is 90.6 Å². The molecule has 1 fully saturated rings.